The molecular weight excluding hydrogens is 393 g/mol. The van der Waals surface area contributed by atoms with Crippen LogP contribution in [-0.4, -0.2) is 13.0 Å². The molecular formula is C19H15Cl2NO3S. The number of thiophene rings is 1. The lowest BCUT2D eigenvalue weighted by atomic mass is 10.2. The van der Waals surface area contributed by atoms with Crippen LogP contribution in [0.1, 0.15) is 15.2 Å². The molecule has 0 aliphatic carbocycles. The largest absolute Gasteiger partial charge is 0.495 e. The predicted molar refractivity (Wildman–Crippen MR) is 106 cm³/mol. The summed E-state index contributed by atoms with van der Waals surface area (Å²) in [5.74, 6) is 1.08. The summed E-state index contributed by atoms with van der Waals surface area (Å²) in [6, 6.07) is 14.0. The number of carbonyl (C=O) groups is 1. The number of hydrogen-bond acceptors (Lipinski definition) is 4. The summed E-state index contributed by atoms with van der Waals surface area (Å²) in [4.78, 5) is 13.0. The van der Waals surface area contributed by atoms with Crippen LogP contribution in [0, 0.1) is 0 Å². The number of hydrogen-bond donors (Lipinski definition) is 1. The lowest BCUT2D eigenvalue weighted by molar-refractivity contribution is 0.103. The van der Waals surface area contributed by atoms with Crippen LogP contribution in [0.3, 0.4) is 0 Å². The number of halogens is 2. The van der Waals surface area contributed by atoms with E-state index in [9.17, 15) is 4.79 Å². The van der Waals surface area contributed by atoms with E-state index in [1.807, 2.05) is 5.38 Å². The number of rotatable bonds is 6. The average molecular weight is 408 g/mol. The van der Waals surface area contributed by atoms with Crippen molar-refractivity contribution in [1.82, 2.24) is 0 Å². The van der Waals surface area contributed by atoms with Gasteiger partial charge in [0.25, 0.3) is 5.91 Å². The van der Waals surface area contributed by atoms with E-state index < -0.39 is 0 Å². The molecule has 0 saturated heterocycles. The topological polar surface area (TPSA) is 47.6 Å². The number of amides is 1. The fourth-order valence-electron chi connectivity index (χ4n) is 2.20. The van der Waals surface area contributed by atoms with Gasteiger partial charge in [-0.15, -0.1) is 11.3 Å². The van der Waals surface area contributed by atoms with Crippen LogP contribution in [0.5, 0.6) is 11.5 Å². The van der Waals surface area contributed by atoms with Gasteiger partial charge in [-0.25, -0.2) is 0 Å². The summed E-state index contributed by atoms with van der Waals surface area (Å²) in [5.41, 5.74) is 1.52. The quantitative estimate of drug-likeness (QED) is 0.553. The van der Waals surface area contributed by atoms with E-state index in [0.29, 0.717) is 33.0 Å². The fourth-order valence-corrected chi connectivity index (χ4v) is 3.38. The summed E-state index contributed by atoms with van der Waals surface area (Å²) in [7, 11) is 1.54. The molecule has 1 N–H and O–H groups in total. The van der Waals surface area contributed by atoms with Crippen LogP contribution in [0.25, 0.3) is 0 Å². The van der Waals surface area contributed by atoms with Crippen LogP contribution in [-0.2, 0) is 6.61 Å². The SMILES string of the molecule is COc1ccc(NC(=O)c2cc(COc3ccc(Cl)cc3)cs2)cc1Cl. The standard InChI is InChI=1S/C19H15Cl2NO3S/c1-24-17-7-4-14(9-16(17)21)22-19(23)18-8-12(11-26-18)10-25-15-5-2-13(20)3-6-15/h2-9,11H,10H2,1H3,(H,22,23). The zero-order valence-corrected chi connectivity index (χ0v) is 16.1. The van der Waals surface area contributed by atoms with Crippen molar-refractivity contribution in [3.63, 3.8) is 0 Å². The summed E-state index contributed by atoms with van der Waals surface area (Å²) < 4.78 is 10.8. The molecule has 4 nitrogen and oxygen atoms in total. The Balaban J connectivity index is 1.60. The van der Waals surface area contributed by atoms with E-state index in [1.54, 1.807) is 55.6 Å². The van der Waals surface area contributed by atoms with Gasteiger partial charge < -0.3 is 14.8 Å². The van der Waals surface area contributed by atoms with Crippen molar-refractivity contribution in [3.8, 4) is 11.5 Å². The lowest BCUT2D eigenvalue weighted by Gasteiger charge is -2.07. The molecule has 0 radical (unpaired) electrons. The minimum Gasteiger partial charge on any atom is -0.495 e. The van der Waals surface area contributed by atoms with Crippen molar-refractivity contribution in [2.24, 2.45) is 0 Å². The second-order valence-electron chi connectivity index (χ2n) is 5.37. The Kier molecular flexibility index (Phi) is 6.04. The van der Waals surface area contributed by atoms with Gasteiger partial charge in [0.05, 0.1) is 17.0 Å². The van der Waals surface area contributed by atoms with Gasteiger partial charge in [0.1, 0.15) is 18.1 Å². The third-order valence-electron chi connectivity index (χ3n) is 3.51. The number of carbonyl (C=O) groups excluding carboxylic acids is 1. The average Bonchev–Trinajstić information content (AvgIpc) is 3.11. The van der Waals surface area contributed by atoms with Gasteiger partial charge in [-0.2, -0.15) is 0 Å². The first-order valence-electron chi connectivity index (χ1n) is 7.66. The third kappa shape index (κ3) is 4.69. The Hall–Kier alpha value is -2.21. The maximum atomic E-state index is 12.4. The Labute approximate surface area is 165 Å². The molecule has 2 aromatic carbocycles. The molecule has 0 aliphatic rings. The number of benzene rings is 2. The van der Waals surface area contributed by atoms with Crippen molar-refractivity contribution in [1.29, 1.82) is 0 Å². The Morgan fingerprint density at radius 2 is 1.88 bits per heavy atom. The number of ether oxygens (including phenoxy) is 2. The first-order chi connectivity index (χ1) is 12.5. The summed E-state index contributed by atoms with van der Waals surface area (Å²) >= 11 is 13.3. The molecule has 134 valence electrons. The first-order valence-corrected chi connectivity index (χ1v) is 9.29. The van der Waals surface area contributed by atoms with Crippen molar-refractivity contribution < 1.29 is 14.3 Å². The molecule has 1 aromatic heterocycles. The number of methoxy groups -OCH3 is 1. The van der Waals surface area contributed by atoms with Crippen molar-refractivity contribution in [2.45, 2.75) is 6.61 Å². The summed E-state index contributed by atoms with van der Waals surface area (Å²) in [6.07, 6.45) is 0. The molecule has 1 heterocycles. The molecule has 1 amide bonds. The van der Waals surface area contributed by atoms with E-state index in [4.69, 9.17) is 32.7 Å². The zero-order chi connectivity index (χ0) is 18.5. The third-order valence-corrected chi connectivity index (χ3v) is 5.03. The van der Waals surface area contributed by atoms with Gasteiger partial charge in [0, 0.05) is 16.3 Å². The Morgan fingerprint density at radius 3 is 2.58 bits per heavy atom. The molecule has 0 atom stereocenters. The minimum atomic E-state index is -0.200. The normalized spacial score (nSPS) is 10.4. The molecule has 0 fully saturated rings. The molecule has 0 aliphatic heterocycles. The maximum Gasteiger partial charge on any atom is 0.265 e. The number of anilines is 1. The van der Waals surface area contributed by atoms with Crippen LogP contribution in [0.2, 0.25) is 10.0 Å². The van der Waals surface area contributed by atoms with Gasteiger partial charge in [-0.05, 0) is 53.9 Å². The predicted octanol–water partition coefficient (Wildman–Crippen LogP) is 5.89. The molecule has 26 heavy (non-hydrogen) atoms. The highest BCUT2D eigenvalue weighted by atomic mass is 35.5. The van der Waals surface area contributed by atoms with Gasteiger partial charge in [0.15, 0.2) is 0 Å². The van der Waals surface area contributed by atoms with Gasteiger partial charge in [-0.1, -0.05) is 23.2 Å². The van der Waals surface area contributed by atoms with E-state index in [-0.39, 0.29) is 5.91 Å². The second kappa shape index (κ2) is 8.45. The van der Waals surface area contributed by atoms with Gasteiger partial charge >= 0.3 is 0 Å². The van der Waals surface area contributed by atoms with Crippen LogP contribution < -0.4 is 14.8 Å². The maximum absolute atomic E-state index is 12.4. The highest BCUT2D eigenvalue weighted by molar-refractivity contribution is 7.12. The van der Waals surface area contributed by atoms with Gasteiger partial charge in [-0.3, -0.25) is 4.79 Å². The molecule has 3 rings (SSSR count). The minimum absolute atomic E-state index is 0.200. The fraction of sp³-hybridized carbons (Fsp3) is 0.105. The smallest absolute Gasteiger partial charge is 0.265 e. The number of nitrogens with one attached hydrogen (secondary N) is 1. The van der Waals surface area contributed by atoms with Gasteiger partial charge in [0.2, 0.25) is 0 Å². The zero-order valence-electron chi connectivity index (χ0n) is 13.8. The molecule has 0 saturated carbocycles. The van der Waals surface area contributed by atoms with E-state index in [2.05, 4.69) is 5.32 Å². The second-order valence-corrected chi connectivity index (χ2v) is 7.12. The summed E-state index contributed by atoms with van der Waals surface area (Å²) in [6.45, 7) is 0.375. The Morgan fingerprint density at radius 1 is 1.12 bits per heavy atom. The van der Waals surface area contributed by atoms with Crippen LogP contribution >= 0.6 is 34.5 Å². The molecule has 0 bridgehead atoms. The summed E-state index contributed by atoms with van der Waals surface area (Å²) in [5, 5.41) is 5.81. The highest BCUT2D eigenvalue weighted by Crippen LogP contribution is 2.28. The van der Waals surface area contributed by atoms with E-state index in [1.165, 1.54) is 11.3 Å². The van der Waals surface area contributed by atoms with E-state index >= 15 is 0 Å². The van der Waals surface area contributed by atoms with Crippen LogP contribution in [0.4, 0.5) is 5.69 Å². The van der Waals surface area contributed by atoms with Crippen LogP contribution in [0.15, 0.2) is 53.9 Å². The van der Waals surface area contributed by atoms with E-state index in [0.717, 1.165) is 11.3 Å². The Bertz CT molecular complexity index is 909. The monoisotopic (exact) mass is 407 g/mol. The molecule has 7 heteroatoms. The van der Waals surface area contributed by atoms with Crippen molar-refractivity contribution in [2.75, 3.05) is 12.4 Å². The molecule has 3 aromatic rings. The van der Waals surface area contributed by atoms with Crippen molar-refractivity contribution >= 4 is 46.1 Å². The lowest BCUT2D eigenvalue weighted by Crippen LogP contribution is -2.10. The highest BCUT2D eigenvalue weighted by Gasteiger charge is 2.11. The first kappa shape index (κ1) is 18.6. The molecule has 0 unspecified atom stereocenters. The van der Waals surface area contributed by atoms with Crippen molar-refractivity contribution in [3.05, 3.63) is 74.4 Å². The molecule has 0 spiro atoms.